The van der Waals surface area contributed by atoms with Crippen molar-refractivity contribution in [1.29, 1.82) is 0 Å². The fraction of sp³-hybridized carbons (Fsp3) is 0.333. The molecule has 1 aromatic heterocycles. The van der Waals surface area contributed by atoms with Crippen LogP contribution in [0.25, 0.3) is 0 Å². The van der Waals surface area contributed by atoms with Gasteiger partial charge >= 0.3 is 0 Å². The van der Waals surface area contributed by atoms with Crippen molar-refractivity contribution in [2.45, 2.75) is 19.4 Å². The van der Waals surface area contributed by atoms with Gasteiger partial charge in [-0.05, 0) is 44.2 Å². The van der Waals surface area contributed by atoms with Crippen molar-refractivity contribution < 1.29 is 18.7 Å². The molecule has 1 unspecified atom stereocenters. The minimum Gasteiger partial charge on any atom is -0.466 e. The Balaban J connectivity index is 0.00000364. The molecule has 0 aliphatic rings. The summed E-state index contributed by atoms with van der Waals surface area (Å²) < 4.78 is 18.4. The van der Waals surface area contributed by atoms with E-state index < -0.39 is 11.4 Å². The minimum atomic E-state index is -1.23. The highest BCUT2D eigenvalue weighted by Crippen LogP contribution is 2.19. The molecule has 0 saturated heterocycles. The molecule has 2 aromatic rings. The number of carbonyl (C=O) groups excluding carboxylic acids is 1. The van der Waals surface area contributed by atoms with E-state index in [4.69, 9.17) is 4.42 Å². The lowest BCUT2D eigenvalue weighted by molar-refractivity contribution is -0.114. The normalized spacial score (nSPS) is 13.3. The van der Waals surface area contributed by atoms with Crippen molar-refractivity contribution in [2.75, 3.05) is 25.0 Å². The Hall–Kier alpha value is -2.14. The van der Waals surface area contributed by atoms with Crippen LogP contribution in [0.4, 0.5) is 10.1 Å². The molecule has 27 heavy (non-hydrogen) atoms. The van der Waals surface area contributed by atoms with Gasteiger partial charge < -0.3 is 25.5 Å². The summed E-state index contributed by atoms with van der Waals surface area (Å²) in [5.41, 5.74) is -0.868. The first kappa shape index (κ1) is 22.9. The molecule has 2 rings (SSSR count). The molecule has 1 heterocycles. The van der Waals surface area contributed by atoms with Gasteiger partial charge in [-0.2, -0.15) is 0 Å². The molecule has 9 heteroatoms. The summed E-state index contributed by atoms with van der Waals surface area (Å²) >= 11 is 0. The van der Waals surface area contributed by atoms with E-state index in [1.165, 1.54) is 24.5 Å². The van der Waals surface area contributed by atoms with Crippen LogP contribution in [0.3, 0.4) is 0 Å². The van der Waals surface area contributed by atoms with Gasteiger partial charge in [0.25, 0.3) is 0 Å². The molecule has 148 valence electrons. The molecule has 0 spiro atoms. The highest BCUT2D eigenvalue weighted by molar-refractivity contribution is 14.0. The van der Waals surface area contributed by atoms with Gasteiger partial charge in [-0.15, -0.1) is 24.0 Å². The predicted molar refractivity (Wildman–Crippen MR) is 113 cm³/mol. The summed E-state index contributed by atoms with van der Waals surface area (Å²) in [5.74, 6) is -0.0227. The molecular formula is C18H24FIN4O3. The van der Waals surface area contributed by atoms with E-state index in [-0.39, 0.29) is 43.0 Å². The van der Waals surface area contributed by atoms with Crippen LogP contribution in [0.2, 0.25) is 0 Å². The third-order valence-corrected chi connectivity index (χ3v) is 3.49. The van der Waals surface area contributed by atoms with Gasteiger partial charge in [0.1, 0.15) is 23.7 Å². The highest BCUT2D eigenvalue weighted by Gasteiger charge is 2.26. The molecule has 0 aliphatic heterocycles. The summed E-state index contributed by atoms with van der Waals surface area (Å²) in [7, 11) is 0. The number of nitrogens with one attached hydrogen (secondary N) is 3. The van der Waals surface area contributed by atoms with Crippen LogP contribution >= 0.6 is 24.0 Å². The molecular weight excluding hydrogens is 466 g/mol. The van der Waals surface area contributed by atoms with Crippen molar-refractivity contribution in [2.24, 2.45) is 4.99 Å². The first-order valence-electron chi connectivity index (χ1n) is 8.24. The molecule has 0 saturated carbocycles. The Kier molecular flexibility index (Phi) is 9.22. The van der Waals surface area contributed by atoms with Crippen molar-refractivity contribution in [3.63, 3.8) is 0 Å². The third kappa shape index (κ3) is 7.55. The van der Waals surface area contributed by atoms with Crippen molar-refractivity contribution in [3.05, 3.63) is 54.2 Å². The van der Waals surface area contributed by atoms with Gasteiger partial charge in [0.05, 0.1) is 12.8 Å². The molecule has 1 amide bonds. The maximum Gasteiger partial charge on any atom is 0.246 e. The van der Waals surface area contributed by atoms with Gasteiger partial charge in [0.2, 0.25) is 5.91 Å². The predicted octanol–water partition coefficient (Wildman–Crippen LogP) is 2.44. The Bertz CT molecular complexity index is 751. The van der Waals surface area contributed by atoms with Crippen LogP contribution in [0.5, 0.6) is 0 Å². The first-order valence-corrected chi connectivity index (χ1v) is 8.24. The molecule has 0 bridgehead atoms. The standard InChI is InChI=1S/C18H23FN4O3.HI/c1-3-20-17(22-12-18(2,25)15-8-5-9-26-15)21-11-16(24)23-14-7-4-6-13(19)10-14;/h4-10,25H,3,11-12H2,1-2H3,(H,23,24)(H2,20,21,22);1H. The fourth-order valence-corrected chi connectivity index (χ4v) is 2.19. The van der Waals surface area contributed by atoms with Crippen molar-refractivity contribution in [1.82, 2.24) is 10.6 Å². The number of aliphatic hydroxyl groups is 1. The summed E-state index contributed by atoms with van der Waals surface area (Å²) in [6.07, 6.45) is 1.49. The lowest BCUT2D eigenvalue weighted by Gasteiger charge is -2.22. The molecule has 4 N–H and O–H groups in total. The van der Waals surface area contributed by atoms with Crippen LogP contribution in [-0.4, -0.2) is 36.6 Å². The lowest BCUT2D eigenvalue weighted by atomic mass is 10.0. The van der Waals surface area contributed by atoms with Crippen LogP contribution in [0.15, 0.2) is 52.1 Å². The zero-order valence-corrected chi connectivity index (χ0v) is 17.5. The molecule has 7 nitrogen and oxygen atoms in total. The second-order valence-electron chi connectivity index (χ2n) is 5.86. The van der Waals surface area contributed by atoms with Crippen LogP contribution in [-0.2, 0) is 10.4 Å². The number of aliphatic imine (C=N–C) groups is 1. The molecule has 1 atom stereocenters. The molecule has 0 fully saturated rings. The Morgan fingerprint density at radius 1 is 1.30 bits per heavy atom. The number of hydrogen-bond donors (Lipinski definition) is 4. The molecule has 0 radical (unpaired) electrons. The first-order chi connectivity index (χ1) is 12.4. The van der Waals surface area contributed by atoms with Gasteiger partial charge in [-0.3, -0.25) is 4.79 Å². The number of halogens is 2. The largest absolute Gasteiger partial charge is 0.466 e. The average Bonchev–Trinajstić information content (AvgIpc) is 3.13. The third-order valence-electron chi connectivity index (χ3n) is 3.49. The van der Waals surface area contributed by atoms with Gasteiger partial charge in [0.15, 0.2) is 5.96 Å². The zero-order valence-electron chi connectivity index (χ0n) is 15.2. The molecule has 1 aromatic carbocycles. The summed E-state index contributed by atoms with van der Waals surface area (Å²) in [4.78, 5) is 16.1. The van der Waals surface area contributed by atoms with Crippen LogP contribution < -0.4 is 16.0 Å². The summed E-state index contributed by atoms with van der Waals surface area (Å²) in [5, 5.41) is 19.0. The Morgan fingerprint density at radius 3 is 2.70 bits per heavy atom. The Morgan fingerprint density at radius 2 is 2.07 bits per heavy atom. The van der Waals surface area contributed by atoms with Gasteiger partial charge in [-0.25, -0.2) is 9.38 Å². The number of carbonyl (C=O) groups is 1. The van der Waals surface area contributed by atoms with Crippen LogP contribution in [0.1, 0.15) is 19.6 Å². The number of anilines is 1. The number of guanidine groups is 1. The smallest absolute Gasteiger partial charge is 0.246 e. The highest BCUT2D eigenvalue weighted by atomic mass is 127. The maximum atomic E-state index is 13.1. The van der Waals surface area contributed by atoms with E-state index in [0.29, 0.717) is 24.0 Å². The van der Waals surface area contributed by atoms with E-state index in [1.807, 2.05) is 6.92 Å². The second-order valence-corrected chi connectivity index (χ2v) is 5.86. The number of benzene rings is 1. The van der Waals surface area contributed by atoms with E-state index in [1.54, 1.807) is 25.1 Å². The Labute approximate surface area is 174 Å². The monoisotopic (exact) mass is 490 g/mol. The van der Waals surface area contributed by atoms with E-state index in [0.717, 1.165) is 0 Å². The van der Waals surface area contributed by atoms with Crippen molar-refractivity contribution in [3.8, 4) is 0 Å². The topological polar surface area (TPSA) is 98.9 Å². The number of nitrogens with zero attached hydrogens (tertiary/aromatic N) is 1. The van der Waals surface area contributed by atoms with Crippen molar-refractivity contribution >= 4 is 41.5 Å². The fourth-order valence-electron chi connectivity index (χ4n) is 2.19. The second kappa shape index (κ2) is 10.9. The lowest BCUT2D eigenvalue weighted by Crippen LogP contribution is -2.44. The van der Waals surface area contributed by atoms with E-state index >= 15 is 0 Å². The molecule has 0 aliphatic carbocycles. The SMILES string of the molecule is CCNC(=NCC(=O)Nc1cccc(F)c1)NCC(C)(O)c1ccco1.I. The van der Waals surface area contributed by atoms with Gasteiger partial charge in [0, 0.05) is 12.2 Å². The zero-order chi connectivity index (χ0) is 19.0. The van der Waals surface area contributed by atoms with Gasteiger partial charge in [-0.1, -0.05) is 6.07 Å². The summed E-state index contributed by atoms with van der Waals surface area (Å²) in [6, 6.07) is 9.00. The number of hydrogen-bond acceptors (Lipinski definition) is 4. The number of furan rings is 1. The number of rotatable bonds is 7. The summed E-state index contributed by atoms with van der Waals surface area (Å²) in [6.45, 7) is 4.06. The number of amides is 1. The van der Waals surface area contributed by atoms with E-state index in [2.05, 4.69) is 20.9 Å². The minimum absolute atomic E-state index is 0. The van der Waals surface area contributed by atoms with Crippen LogP contribution in [0, 0.1) is 5.82 Å². The quantitative estimate of drug-likeness (QED) is 0.272. The van der Waals surface area contributed by atoms with E-state index in [9.17, 15) is 14.3 Å². The maximum absolute atomic E-state index is 13.1. The average molecular weight is 490 g/mol.